The Morgan fingerprint density at radius 1 is 1.65 bits per heavy atom. The Hall–Kier alpha value is -1.43. The van der Waals surface area contributed by atoms with Gasteiger partial charge in [-0.3, -0.25) is 4.79 Å². The summed E-state index contributed by atoms with van der Waals surface area (Å²) in [7, 11) is 1.67. The molecule has 2 rings (SSSR count). The number of nitrogens with zero attached hydrogens (tertiary/aromatic N) is 4. The van der Waals surface area contributed by atoms with E-state index in [1.165, 1.54) is 0 Å². The summed E-state index contributed by atoms with van der Waals surface area (Å²) in [6, 6.07) is 0.0758. The van der Waals surface area contributed by atoms with E-state index in [1.807, 2.05) is 9.47 Å². The SMILES string of the molecule is COCCn1cnnc1C1CCCN1C(C)=O. The van der Waals surface area contributed by atoms with Crippen LogP contribution in [0.3, 0.4) is 0 Å². The Labute approximate surface area is 101 Å². The molecule has 0 radical (unpaired) electrons. The largest absolute Gasteiger partial charge is 0.383 e. The molecule has 94 valence electrons. The predicted molar refractivity (Wildman–Crippen MR) is 61.3 cm³/mol. The number of ether oxygens (including phenoxy) is 1. The van der Waals surface area contributed by atoms with Crippen molar-refractivity contribution in [1.29, 1.82) is 0 Å². The minimum Gasteiger partial charge on any atom is -0.383 e. The molecular formula is C11H18N4O2. The summed E-state index contributed by atoms with van der Waals surface area (Å²) in [5.74, 6) is 0.976. The van der Waals surface area contributed by atoms with Gasteiger partial charge in [0.05, 0.1) is 12.6 Å². The van der Waals surface area contributed by atoms with Gasteiger partial charge in [-0.2, -0.15) is 0 Å². The van der Waals surface area contributed by atoms with Crippen molar-refractivity contribution in [2.45, 2.75) is 32.4 Å². The lowest BCUT2D eigenvalue weighted by atomic mass is 10.2. The van der Waals surface area contributed by atoms with Crippen LogP contribution in [0.5, 0.6) is 0 Å². The third-order valence-corrected chi connectivity index (χ3v) is 3.14. The molecule has 0 saturated carbocycles. The zero-order valence-electron chi connectivity index (χ0n) is 10.3. The first-order valence-electron chi connectivity index (χ1n) is 5.88. The van der Waals surface area contributed by atoms with Gasteiger partial charge in [0.15, 0.2) is 5.82 Å². The summed E-state index contributed by atoms with van der Waals surface area (Å²) in [5, 5.41) is 8.08. The molecule has 1 saturated heterocycles. The van der Waals surface area contributed by atoms with Crippen molar-refractivity contribution in [3.8, 4) is 0 Å². The van der Waals surface area contributed by atoms with Crippen LogP contribution in [-0.4, -0.2) is 45.8 Å². The van der Waals surface area contributed by atoms with Gasteiger partial charge >= 0.3 is 0 Å². The molecule has 1 aromatic rings. The number of likely N-dealkylation sites (tertiary alicyclic amines) is 1. The molecule has 6 nitrogen and oxygen atoms in total. The van der Waals surface area contributed by atoms with Gasteiger partial charge in [0.1, 0.15) is 6.33 Å². The van der Waals surface area contributed by atoms with Gasteiger partial charge in [0.2, 0.25) is 5.91 Å². The van der Waals surface area contributed by atoms with Gasteiger partial charge in [0.25, 0.3) is 0 Å². The molecule has 1 atom stereocenters. The predicted octanol–water partition coefficient (Wildman–Crippen LogP) is 0.608. The maximum atomic E-state index is 11.5. The van der Waals surface area contributed by atoms with Crippen molar-refractivity contribution >= 4 is 5.91 Å². The van der Waals surface area contributed by atoms with Crippen LogP contribution < -0.4 is 0 Å². The smallest absolute Gasteiger partial charge is 0.220 e. The highest BCUT2D eigenvalue weighted by Crippen LogP contribution is 2.30. The third kappa shape index (κ3) is 2.46. The van der Waals surface area contributed by atoms with Gasteiger partial charge in [0, 0.05) is 27.1 Å². The second kappa shape index (κ2) is 5.27. The summed E-state index contributed by atoms with van der Waals surface area (Å²) >= 11 is 0. The van der Waals surface area contributed by atoms with E-state index in [-0.39, 0.29) is 11.9 Å². The Bertz CT molecular complexity index is 391. The fourth-order valence-corrected chi connectivity index (χ4v) is 2.30. The van der Waals surface area contributed by atoms with Gasteiger partial charge in [-0.05, 0) is 12.8 Å². The van der Waals surface area contributed by atoms with E-state index in [0.29, 0.717) is 6.61 Å². The molecule has 0 aliphatic carbocycles. The van der Waals surface area contributed by atoms with Gasteiger partial charge < -0.3 is 14.2 Å². The number of carbonyl (C=O) groups excluding carboxylic acids is 1. The maximum Gasteiger partial charge on any atom is 0.220 e. The van der Waals surface area contributed by atoms with E-state index in [1.54, 1.807) is 20.4 Å². The highest BCUT2D eigenvalue weighted by molar-refractivity contribution is 5.74. The molecule has 2 heterocycles. The first-order chi connectivity index (χ1) is 8.24. The fourth-order valence-electron chi connectivity index (χ4n) is 2.30. The van der Waals surface area contributed by atoms with Crippen LogP contribution in [0.25, 0.3) is 0 Å². The molecule has 17 heavy (non-hydrogen) atoms. The number of rotatable bonds is 4. The van der Waals surface area contributed by atoms with Crippen LogP contribution in [0, 0.1) is 0 Å². The molecule has 1 fully saturated rings. The fraction of sp³-hybridized carbons (Fsp3) is 0.727. The summed E-state index contributed by atoms with van der Waals surface area (Å²) in [5.41, 5.74) is 0. The number of hydrogen-bond donors (Lipinski definition) is 0. The average Bonchev–Trinajstić information content (AvgIpc) is 2.94. The quantitative estimate of drug-likeness (QED) is 0.771. The minimum absolute atomic E-state index is 0.0758. The van der Waals surface area contributed by atoms with Crippen LogP contribution in [0.2, 0.25) is 0 Å². The van der Waals surface area contributed by atoms with Gasteiger partial charge in [-0.25, -0.2) is 0 Å². The molecular weight excluding hydrogens is 220 g/mol. The molecule has 1 unspecified atom stereocenters. The molecule has 6 heteroatoms. The van der Waals surface area contributed by atoms with Crippen LogP contribution in [0.1, 0.15) is 31.6 Å². The molecule has 1 aliphatic rings. The molecule has 0 bridgehead atoms. The second-order valence-electron chi connectivity index (χ2n) is 4.25. The van der Waals surface area contributed by atoms with Gasteiger partial charge in [-0.1, -0.05) is 0 Å². The summed E-state index contributed by atoms with van der Waals surface area (Å²) in [6.45, 7) is 3.77. The second-order valence-corrected chi connectivity index (χ2v) is 4.25. The van der Waals surface area contributed by atoms with Crippen molar-refractivity contribution in [1.82, 2.24) is 19.7 Å². The molecule has 1 aliphatic heterocycles. The lowest BCUT2D eigenvalue weighted by Crippen LogP contribution is -2.30. The molecule has 0 spiro atoms. The van der Waals surface area contributed by atoms with E-state index >= 15 is 0 Å². The summed E-state index contributed by atoms with van der Waals surface area (Å²) in [4.78, 5) is 13.4. The van der Waals surface area contributed by atoms with Crippen molar-refractivity contribution < 1.29 is 9.53 Å². The highest BCUT2D eigenvalue weighted by Gasteiger charge is 2.31. The summed E-state index contributed by atoms with van der Waals surface area (Å²) < 4.78 is 7.02. The van der Waals surface area contributed by atoms with Crippen LogP contribution in [0.15, 0.2) is 6.33 Å². The first-order valence-corrected chi connectivity index (χ1v) is 5.88. The number of aromatic nitrogens is 3. The topological polar surface area (TPSA) is 60.2 Å². The lowest BCUT2D eigenvalue weighted by molar-refractivity contribution is -0.129. The number of methoxy groups -OCH3 is 1. The minimum atomic E-state index is 0.0758. The van der Waals surface area contributed by atoms with E-state index < -0.39 is 0 Å². The van der Waals surface area contributed by atoms with Crippen molar-refractivity contribution in [3.05, 3.63) is 12.2 Å². The zero-order chi connectivity index (χ0) is 12.3. The maximum absolute atomic E-state index is 11.5. The lowest BCUT2D eigenvalue weighted by Gasteiger charge is -2.22. The summed E-state index contributed by atoms with van der Waals surface area (Å²) in [6.07, 6.45) is 3.69. The van der Waals surface area contributed by atoms with Crippen LogP contribution in [-0.2, 0) is 16.1 Å². The van der Waals surface area contributed by atoms with Crippen molar-refractivity contribution in [2.75, 3.05) is 20.3 Å². The van der Waals surface area contributed by atoms with Gasteiger partial charge in [-0.15, -0.1) is 10.2 Å². The number of carbonyl (C=O) groups is 1. The third-order valence-electron chi connectivity index (χ3n) is 3.14. The number of amides is 1. The number of hydrogen-bond acceptors (Lipinski definition) is 4. The average molecular weight is 238 g/mol. The normalized spacial score (nSPS) is 19.9. The van der Waals surface area contributed by atoms with E-state index in [0.717, 1.165) is 31.8 Å². The highest BCUT2D eigenvalue weighted by atomic mass is 16.5. The van der Waals surface area contributed by atoms with E-state index in [4.69, 9.17) is 4.74 Å². The Kier molecular flexibility index (Phi) is 3.73. The zero-order valence-corrected chi connectivity index (χ0v) is 10.3. The van der Waals surface area contributed by atoms with E-state index in [2.05, 4.69) is 10.2 Å². The Morgan fingerprint density at radius 3 is 3.18 bits per heavy atom. The van der Waals surface area contributed by atoms with E-state index in [9.17, 15) is 4.79 Å². The van der Waals surface area contributed by atoms with Crippen LogP contribution in [0.4, 0.5) is 0 Å². The van der Waals surface area contributed by atoms with Crippen molar-refractivity contribution in [3.63, 3.8) is 0 Å². The molecule has 1 amide bonds. The first kappa shape index (κ1) is 12.0. The standard InChI is InChI=1S/C11H18N4O2/c1-9(16)15-5-3-4-10(15)11-13-12-8-14(11)6-7-17-2/h8,10H,3-7H2,1-2H3. The molecule has 1 aromatic heterocycles. The van der Waals surface area contributed by atoms with Crippen molar-refractivity contribution in [2.24, 2.45) is 0 Å². The Balaban J connectivity index is 2.15. The Morgan fingerprint density at radius 2 is 2.47 bits per heavy atom. The van der Waals surface area contributed by atoms with Crippen LogP contribution >= 0.6 is 0 Å². The molecule has 0 aromatic carbocycles. The molecule has 0 N–H and O–H groups in total. The monoisotopic (exact) mass is 238 g/mol.